The molecule has 3 N–H and O–H groups in total. The molecular weight excluding hydrogens is 542 g/mol. The summed E-state index contributed by atoms with van der Waals surface area (Å²) in [6, 6.07) is -1.12. The Morgan fingerprint density at radius 2 is 2.00 bits per heavy atom. The molecule has 2 aliphatic rings. The van der Waals surface area contributed by atoms with Crippen molar-refractivity contribution >= 4 is 81.2 Å². The highest BCUT2D eigenvalue weighted by molar-refractivity contribution is 8.00. The van der Waals surface area contributed by atoms with Gasteiger partial charge >= 0.3 is 17.9 Å². The number of thiazole rings is 1. The van der Waals surface area contributed by atoms with Crippen LogP contribution in [-0.4, -0.2) is 86.0 Å². The van der Waals surface area contributed by atoms with Crippen LogP contribution in [-0.2, 0) is 38.3 Å². The first-order valence-corrected chi connectivity index (χ1v) is 12.4. The number of halogens is 1. The van der Waals surface area contributed by atoms with Gasteiger partial charge in [-0.25, -0.2) is 14.6 Å². The van der Waals surface area contributed by atoms with Crippen LogP contribution < -0.4 is 10.6 Å². The number of hydrogen-bond donors (Lipinski definition) is 3. The Hall–Kier alpha value is -3.50. The van der Waals surface area contributed by atoms with Gasteiger partial charge in [-0.05, 0) is 0 Å². The third kappa shape index (κ3) is 6.00. The Morgan fingerprint density at radius 1 is 1.28 bits per heavy atom. The SMILES string of the molecule is CC(=O)OCC1=C(C(=O)O)N2C(=O)C(NC(=O)/C(=N/OC(C)=O)c3csc(NC(=O)CCl)n3)[C@H]2SC1. The van der Waals surface area contributed by atoms with Gasteiger partial charge in [0.1, 0.15) is 35.3 Å². The number of anilines is 1. The molecule has 3 heterocycles. The second kappa shape index (κ2) is 11.5. The summed E-state index contributed by atoms with van der Waals surface area (Å²) < 4.78 is 4.88. The van der Waals surface area contributed by atoms with Gasteiger partial charge in [0.15, 0.2) is 10.8 Å². The Balaban J connectivity index is 1.79. The highest BCUT2D eigenvalue weighted by Crippen LogP contribution is 2.40. The van der Waals surface area contributed by atoms with Crippen LogP contribution >= 0.6 is 34.7 Å². The van der Waals surface area contributed by atoms with Crippen LogP contribution in [0.25, 0.3) is 0 Å². The van der Waals surface area contributed by atoms with Crippen LogP contribution in [0.2, 0.25) is 0 Å². The van der Waals surface area contributed by atoms with Crippen molar-refractivity contribution in [3.63, 3.8) is 0 Å². The van der Waals surface area contributed by atoms with Gasteiger partial charge in [-0.3, -0.25) is 24.1 Å². The maximum Gasteiger partial charge on any atom is 0.352 e. The smallest absolute Gasteiger partial charge is 0.352 e. The van der Waals surface area contributed by atoms with E-state index in [4.69, 9.17) is 16.3 Å². The number of oxime groups is 1. The fourth-order valence-corrected chi connectivity index (χ4v) is 5.21. The second-order valence-electron chi connectivity index (χ2n) is 7.14. The fraction of sp³-hybridized carbons (Fsp3) is 0.368. The monoisotopic (exact) mass is 559 g/mol. The van der Waals surface area contributed by atoms with E-state index >= 15 is 0 Å². The molecule has 192 valence electrons. The van der Waals surface area contributed by atoms with Gasteiger partial charge in [-0.2, -0.15) is 0 Å². The number of alkyl halides is 1. The summed E-state index contributed by atoms with van der Waals surface area (Å²) in [5.41, 5.74) is -0.588. The normalized spacial score (nSPS) is 19.1. The van der Waals surface area contributed by atoms with Crippen molar-refractivity contribution in [1.29, 1.82) is 0 Å². The molecule has 0 saturated carbocycles. The van der Waals surface area contributed by atoms with Gasteiger partial charge in [0.2, 0.25) is 5.91 Å². The summed E-state index contributed by atoms with van der Waals surface area (Å²) in [5, 5.41) is 18.7. The zero-order valence-corrected chi connectivity index (χ0v) is 21.0. The molecule has 0 bridgehead atoms. The Bertz CT molecular complexity index is 1200. The van der Waals surface area contributed by atoms with E-state index in [1.54, 1.807) is 0 Å². The molecule has 1 aromatic rings. The number of carboxylic acids is 1. The molecule has 1 saturated heterocycles. The number of fused-ring (bicyclic) bond motifs is 1. The minimum Gasteiger partial charge on any atom is -0.477 e. The summed E-state index contributed by atoms with van der Waals surface area (Å²) in [6.07, 6.45) is 0. The van der Waals surface area contributed by atoms with Crippen LogP contribution in [0.5, 0.6) is 0 Å². The highest BCUT2D eigenvalue weighted by atomic mass is 35.5. The maximum absolute atomic E-state index is 13.0. The van der Waals surface area contributed by atoms with E-state index in [1.807, 2.05) is 0 Å². The molecule has 3 rings (SSSR count). The third-order valence-corrected chi connectivity index (χ3v) is 6.92. The van der Waals surface area contributed by atoms with Crippen LogP contribution in [0.3, 0.4) is 0 Å². The number of carbonyl (C=O) groups excluding carboxylic acids is 5. The van der Waals surface area contributed by atoms with Gasteiger partial charge in [0.25, 0.3) is 11.8 Å². The zero-order chi connectivity index (χ0) is 26.6. The van der Waals surface area contributed by atoms with Gasteiger partial charge < -0.3 is 25.3 Å². The first-order chi connectivity index (χ1) is 17.0. The number of amides is 3. The number of rotatable bonds is 9. The number of β-lactam (4-membered cyclic amide) rings is 1. The first kappa shape index (κ1) is 27.1. The highest BCUT2D eigenvalue weighted by Gasteiger charge is 2.54. The summed E-state index contributed by atoms with van der Waals surface area (Å²) in [6.45, 7) is 1.95. The van der Waals surface area contributed by atoms with E-state index in [1.165, 1.54) is 24.1 Å². The topological polar surface area (TPSA) is 194 Å². The number of hydrogen-bond acceptors (Lipinski definition) is 12. The number of ether oxygens (including phenoxy) is 1. The summed E-state index contributed by atoms with van der Waals surface area (Å²) >= 11 is 7.56. The molecular formula is C19H18ClN5O9S2. The van der Waals surface area contributed by atoms with Gasteiger partial charge in [0, 0.05) is 30.6 Å². The van der Waals surface area contributed by atoms with Crippen LogP contribution in [0, 0.1) is 0 Å². The molecule has 2 atom stereocenters. The van der Waals surface area contributed by atoms with Gasteiger partial charge in [-0.1, -0.05) is 5.16 Å². The summed E-state index contributed by atoms with van der Waals surface area (Å²) in [7, 11) is 0. The predicted molar refractivity (Wildman–Crippen MR) is 126 cm³/mol. The largest absolute Gasteiger partial charge is 0.477 e. The van der Waals surface area contributed by atoms with Crippen molar-refractivity contribution in [1.82, 2.24) is 15.2 Å². The Kier molecular flexibility index (Phi) is 8.65. The third-order valence-electron chi connectivity index (χ3n) is 4.58. The van der Waals surface area contributed by atoms with Crippen molar-refractivity contribution < 1.29 is 43.4 Å². The van der Waals surface area contributed by atoms with Crippen LogP contribution in [0.1, 0.15) is 19.5 Å². The quantitative estimate of drug-likeness (QED) is 0.0912. The molecule has 1 unspecified atom stereocenters. The molecule has 0 spiro atoms. The maximum atomic E-state index is 13.0. The molecule has 36 heavy (non-hydrogen) atoms. The first-order valence-electron chi connectivity index (χ1n) is 9.95. The van der Waals surface area contributed by atoms with Crippen LogP contribution in [0.4, 0.5) is 5.13 Å². The van der Waals surface area contributed by atoms with Gasteiger partial charge in [-0.15, -0.1) is 34.7 Å². The fourth-order valence-electron chi connectivity index (χ4n) is 3.10. The summed E-state index contributed by atoms with van der Waals surface area (Å²) in [5.74, 6) is -5.17. The molecule has 0 aliphatic carbocycles. The van der Waals surface area contributed by atoms with E-state index in [2.05, 4.69) is 25.6 Å². The number of carboxylic acid groups (broad SMARTS) is 1. The van der Waals surface area contributed by atoms with Crippen molar-refractivity contribution in [2.24, 2.45) is 5.16 Å². The summed E-state index contributed by atoms with van der Waals surface area (Å²) in [4.78, 5) is 81.1. The standard InChI is InChI=1S/C19H18ClN5O9S2/c1-7(26)33-4-9-5-35-17-13(16(30)25(17)14(9)18(31)32)23-15(29)12(24-34-8(2)27)10-6-36-19(21-10)22-11(28)3-20/h6,13,17H,3-5H2,1-2H3,(H,23,29)(H,31,32)(H,21,22,28)/b24-12+/t13?,17-/m1/s1. The van der Waals surface area contributed by atoms with Crippen molar-refractivity contribution in [3.8, 4) is 0 Å². The van der Waals surface area contributed by atoms with Gasteiger partial charge in [0.05, 0.1) is 0 Å². The predicted octanol–water partition coefficient (Wildman–Crippen LogP) is -0.111. The Labute approximate surface area is 216 Å². The molecule has 3 amide bonds. The molecule has 1 fully saturated rings. The molecule has 14 nitrogen and oxygen atoms in total. The van der Waals surface area contributed by atoms with Crippen LogP contribution in [0.15, 0.2) is 21.8 Å². The van der Waals surface area contributed by atoms with Crippen molar-refractivity contribution in [2.45, 2.75) is 25.3 Å². The number of nitrogens with zero attached hydrogens (tertiary/aromatic N) is 3. The average Bonchev–Trinajstić information content (AvgIpc) is 3.27. The lowest BCUT2D eigenvalue weighted by atomic mass is 10.0. The number of aromatic nitrogens is 1. The van der Waals surface area contributed by atoms with E-state index in [-0.39, 0.29) is 40.3 Å². The number of nitrogens with one attached hydrogen (secondary N) is 2. The second-order valence-corrected chi connectivity index (χ2v) is 9.37. The van der Waals surface area contributed by atoms with Crippen molar-refractivity contribution in [3.05, 3.63) is 22.3 Å². The number of carbonyl (C=O) groups is 6. The zero-order valence-electron chi connectivity index (χ0n) is 18.6. The van der Waals surface area contributed by atoms with E-state index in [0.29, 0.717) is 0 Å². The molecule has 2 aliphatic heterocycles. The minimum atomic E-state index is -1.38. The number of aliphatic carboxylic acids is 1. The number of esters is 1. The van der Waals surface area contributed by atoms with E-state index < -0.39 is 52.8 Å². The van der Waals surface area contributed by atoms with E-state index in [9.17, 15) is 33.9 Å². The molecule has 17 heteroatoms. The molecule has 0 aromatic carbocycles. The number of thioether (sulfide) groups is 1. The lowest BCUT2D eigenvalue weighted by molar-refractivity contribution is -0.150. The lowest BCUT2D eigenvalue weighted by Gasteiger charge is -2.49. The van der Waals surface area contributed by atoms with E-state index in [0.717, 1.165) is 23.2 Å². The average molecular weight is 560 g/mol. The molecule has 1 aromatic heterocycles. The minimum absolute atomic E-state index is 0.0571. The van der Waals surface area contributed by atoms with Crippen molar-refractivity contribution in [2.75, 3.05) is 23.6 Å². The molecule has 0 radical (unpaired) electrons. The lowest BCUT2D eigenvalue weighted by Crippen LogP contribution is -2.71. The Morgan fingerprint density at radius 3 is 2.61 bits per heavy atom.